The lowest BCUT2D eigenvalue weighted by atomic mass is 10.1. The fourth-order valence-electron chi connectivity index (χ4n) is 2.25. The maximum atomic E-state index is 9.33. The van der Waals surface area contributed by atoms with Gasteiger partial charge in [0.05, 0.1) is 36.4 Å². The van der Waals surface area contributed by atoms with Crippen LogP contribution in [0.4, 0.5) is 5.82 Å². The van der Waals surface area contributed by atoms with Crippen LogP contribution in [0.1, 0.15) is 18.4 Å². The minimum Gasteiger partial charge on any atom is -0.487 e. The van der Waals surface area contributed by atoms with E-state index in [4.69, 9.17) is 15.2 Å². The van der Waals surface area contributed by atoms with E-state index in [0.717, 1.165) is 12.8 Å². The van der Waals surface area contributed by atoms with Gasteiger partial charge in [0.15, 0.2) is 5.75 Å². The average molecular weight is 297 g/mol. The summed E-state index contributed by atoms with van der Waals surface area (Å²) in [5.41, 5.74) is 7.20. The molecule has 2 aromatic rings. The van der Waals surface area contributed by atoms with Crippen LogP contribution in [-0.4, -0.2) is 34.3 Å². The summed E-state index contributed by atoms with van der Waals surface area (Å²) < 4.78 is 11.2. The summed E-state index contributed by atoms with van der Waals surface area (Å²) >= 11 is 0. The first-order chi connectivity index (χ1) is 10.8. The van der Waals surface area contributed by atoms with Crippen LogP contribution >= 0.6 is 0 Å². The molecule has 2 N–H and O–H groups in total. The highest BCUT2D eigenvalue weighted by molar-refractivity contribution is 5.61. The molecule has 0 amide bonds. The van der Waals surface area contributed by atoms with Gasteiger partial charge in [-0.2, -0.15) is 5.26 Å². The fourth-order valence-corrected chi connectivity index (χ4v) is 2.25. The predicted octanol–water partition coefficient (Wildman–Crippen LogP) is 1.55. The van der Waals surface area contributed by atoms with E-state index in [1.807, 2.05) is 0 Å². The van der Waals surface area contributed by atoms with E-state index in [2.05, 4.69) is 21.0 Å². The van der Waals surface area contributed by atoms with Gasteiger partial charge in [-0.25, -0.2) is 9.97 Å². The molecule has 0 unspecified atom stereocenters. The Morgan fingerprint density at radius 1 is 1.18 bits per heavy atom. The molecule has 7 heteroatoms. The normalized spacial score (nSPS) is 15.2. The number of nitrogen functional groups attached to an aromatic ring is 1. The Bertz CT molecular complexity index is 707. The maximum absolute atomic E-state index is 9.33. The summed E-state index contributed by atoms with van der Waals surface area (Å²) in [4.78, 5) is 12.3. The molecule has 0 saturated carbocycles. The second-order valence-electron chi connectivity index (χ2n) is 4.94. The summed E-state index contributed by atoms with van der Waals surface area (Å²) in [6.07, 6.45) is 4.61. The molecule has 1 aliphatic heterocycles. The molecule has 1 fully saturated rings. The molecule has 3 rings (SSSR count). The third-order valence-corrected chi connectivity index (χ3v) is 3.40. The fraction of sp³-hybridized carbons (Fsp3) is 0.333. The highest BCUT2D eigenvalue weighted by Gasteiger charge is 2.18. The molecule has 112 valence electrons. The molecule has 0 bridgehead atoms. The summed E-state index contributed by atoms with van der Waals surface area (Å²) in [7, 11) is 0. The van der Waals surface area contributed by atoms with Gasteiger partial charge in [0.1, 0.15) is 24.3 Å². The second-order valence-corrected chi connectivity index (χ2v) is 4.94. The lowest BCUT2D eigenvalue weighted by molar-refractivity contribution is 0.0253. The topological polar surface area (TPSA) is 107 Å². The van der Waals surface area contributed by atoms with Gasteiger partial charge in [0, 0.05) is 18.9 Å². The minimum absolute atomic E-state index is 0.0585. The molecule has 1 aliphatic rings. The van der Waals surface area contributed by atoms with Crippen molar-refractivity contribution in [1.29, 1.82) is 5.26 Å². The van der Waals surface area contributed by atoms with Crippen molar-refractivity contribution in [3.8, 4) is 23.2 Å². The molecule has 2 aromatic heterocycles. The van der Waals surface area contributed by atoms with Crippen LogP contribution in [0, 0.1) is 11.3 Å². The molecule has 3 heterocycles. The van der Waals surface area contributed by atoms with Gasteiger partial charge in [-0.05, 0) is 6.07 Å². The molecule has 0 radical (unpaired) electrons. The largest absolute Gasteiger partial charge is 0.487 e. The Kier molecular flexibility index (Phi) is 4.12. The van der Waals surface area contributed by atoms with Gasteiger partial charge >= 0.3 is 0 Å². The van der Waals surface area contributed by atoms with Crippen LogP contribution < -0.4 is 10.5 Å². The number of ether oxygens (including phenoxy) is 2. The lowest BCUT2D eigenvalue weighted by Gasteiger charge is -2.23. The van der Waals surface area contributed by atoms with Crippen molar-refractivity contribution in [3.05, 3.63) is 30.2 Å². The highest BCUT2D eigenvalue weighted by atomic mass is 16.5. The monoisotopic (exact) mass is 297 g/mol. The predicted molar refractivity (Wildman–Crippen MR) is 78.9 cm³/mol. The van der Waals surface area contributed by atoms with Crippen LogP contribution in [0.15, 0.2) is 24.7 Å². The summed E-state index contributed by atoms with van der Waals surface area (Å²) in [6, 6.07) is 5.40. The van der Waals surface area contributed by atoms with Gasteiger partial charge in [-0.15, -0.1) is 0 Å². The first-order valence-corrected chi connectivity index (χ1v) is 6.98. The third-order valence-electron chi connectivity index (χ3n) is 3.40. The Hall–Kier alpha value is -2.72. The van der Waals surface area contributed by atoms with Gasteiger partial charge in [0.25, 0.3) is 0 Å². The molecule has 1 saturated heterocycles. The van der Waals surface area contributed by atoms with Gasteiger partial charge in [0.2, 0.25) is 0 Å². The molecule has 0 aromatic carbocycles. The van der Waals surface area contributed by atoms with E-state index < -0.39 is 0 Å². The SMILES string of the molecule is N#Cc1cc(-c2cc(N)ncn2)ncc1OC1CCOCC1. The quantitative estimate of drug-likeness (QED) is 0.915. The zero-order valence-electron chi connectivity index (χ0n) is 11.9. The number of pyridine rings is 1. The van der Waals surface area contributed by atoms with Crippen LogP contribution in [0.5, 0.6) is 5.75 Å². The first kappa shape index (κ1) is 14.2. The first-order valence-electron chi connectivity index (χ1n) is 6.98. The van der Waals surface area contributed by atoms with E-state index in [9.17, 15) is 5.26 Å². The Balaban J connectivity index is 1.86. The number of hydrogen-bond donors (Lipinski definition) is 1. The standard InChI is InChI=1S/C15H15N5O2/c16-7-10-5-12(13-6-15(17)20-9-19-13)18-8-14(10)22-11-1-3-21-4-2-11/h5-6,8-9,11H,1-4H2,(H2,17,19,20). The van der Waals surface area contributed by atoms with E-state index >= 15 is 0 Å². The number of anilines is 1. The highest BCUT2D eigenvalue weighted by Crippen LogP contribution is 2.25. The molecule has 22 heavy (non-hydrogen) atoms. The number of hydrogen-bond acceptors (Lipinski definition) is 7. The van der Waals surface area contributed by atoms with E-state index in [-0.39, 0.29) is 6.10 Å². The van der Waals surface area contributed by atoms with Gasteiger partial charge in [-0.1, -0.05) is 0 Å². The summed E-state index contributed by atoms with van der Waals surface area (Å²) in [6.45, 7) is 1.36. The van der Waals surface area contributed by atoms with Crippen LogP contribution in [0.25, 0.3) is 11.4 Å². The number of aromatic nitrogens is 3. The number of nitrogens with zero attached hydrogens (tertiary/aromatic N) is 4. The molecule has 0 atom stereocenters. The van der Waals surface area contributed by atoms with Crippen molar-refractivity contribution in [3.63, 3.8) is 0 Å². The van der Waals surface area contributed by atoms with Crippen molar-refractivity contribution >= 4 is 5.82 Å². The van der Waals surface area contributed by atoms with E-state index in [1.54, 1.807) is 18.3 Å². The molecule has 0 spiro atoms. The lowest BCUT2D eigenvalue weighted by Crippen LogP contribution is -2.26. The maximum Gasteiger partial charge on any atom is 0.155 e. The van der Waals surface area contributed by atoms with Gasteiger partial charge in [-0.3, -0.25) is 4.98 Å². The molecule has 7 nitrogen and oxygen atoms in total. The summed E-state index contributed by atoms with van der Waals surface area (Å²) in [5.74, 6) is 0.841. The van der Waals surface area contributed by atoms with Crippen molar-refractivity contribution in [2.45, 2.75) is 18.9 Å². The number of nitriles is 1. The van der Waals surface area contributed by atoms with E-state index in [1.165, 1.54) is 6.33 Å². The van der Waals surface area contributed by atoms with Gasteiger partial charge < -0.3 is 15.2 Å². The summed E-state index contributed by atoms with van der Waals surface area (Å²) in [5, 5.41) is 9.33. The average Bonchev–Trinajstić information content (AvgIpc) is 2.56. The number of nitrogens with two attached hydrogens (primary N) is 1. The zero-order valence-corrected chi connectivity index (χ0v) is 11.9. The Morgan fingerprint density at radius 3 is 2.68 bits per heavy atom. The second kappa shape index (κ2) is 6.37. The van der Waals surface area contributed by atoms with Crippen LogP contribution in [-0.2, 0) is 4.74 Å². The Morgan fingerprint density at radius 2 is 1.95 bits per heavy atom. The van der Waals surface area contributed by atoms with Crippen molar-refractivity contribution < 1.29 is 9.47 Å². The zero-order chi connectivity index (χ0) is 15.4. The van der Waals surface area contributed by atoms with Crippen molar-refractivity contribution in [2.24, 2.45) is 0 Å². The Labute approximate surface area is 127 Å². The van der Waals surface area contributed by atoms with Crippen molar-refractivity contribution in [2.75, 3.05) is 18.9 Å². The molecule has 0 aliphatic carbocycles. The van der Waals surface area contributed by atoms with Crippen LogP contribution in [0.3, 0.4) is 0 Å². The minimum atomic E-state index is 0.0585. The number of rotatable bonds is 3. The van der Waals surface area contributed by atoms with Crippen LogP contribution in [0.2, 0.25) is 0 Å². The van der Waals surface area contributed by atoms with Crippen molar-refractivity contribution in [1.82, 2.24) is 15.0 Å². The molecular weight excluding hydrogens is 282 g/mol. The smallest absolute Gasteiger partial charge is 0.155 e. The van der Waals surface area contributed by atoms with E-state index in [0.29, 0.717) is 41.7 Å². The third kappa shape index (κ3) is 3.13. The molecular formula is C15H15N5O2.